The van der Waals surface area contributed by atoms with Gasteiger partial charge in [-0.15, -0.1) is 0 Å². The predicted octanol–water partition coefficient (Wildman–Crippen LogP) is 2.22. The summed E-state index contributed by atoms with van der Waals surface area (Å²) in [6.07, 6.45) is 1.29. The minimum atomic E-state index is -4.21. The highest BCUT2D eigenvalue weighted by Crippen LogP contribution is 2.24. The number of hydrogen-bond acceptors (Lipinski definition) is 3. The van der Waals surface area contributed by atoms with E-state index < -0.39 is 12.8 Å². The largest absolute Gasteiger partial charge is 0.411 e. The lowest BCUT2D eigenvalue weighted by Crippen LogP contribution is -2.49. The molecule has 1 aliphatic carbocycles. The molecule has 0 aromatic heterocycles. The van der Waals surface area contributed by atoms with Gasteiger partial charge in [0.25, 0.3) is 0 Å². The lowest BCUT2D eigenvalue weighted by atomic mass is 9.91. The third kappa shape index (κ3) is 5.67. The van der Waals surface area contributed by atoms with Gasteiger partial charge in [0.2, 0.25) is 0 Å². The van der Waals surface area contributed by atoms with Gasteiger partial charge in [0, 0.05) is 18.6 Å². The van der Waals surface area contributed by atoms with Crippen LogP contribution < -0.4 is 10.6 Å². The van der Waals surface area contributed by atoms with Gasteiger partial charge in [0.05, 0.1) is 6.10 Å². The SMILES string of the molecule is FC(F)(F)COC1CCCC(NC2CCCNC2)C1. The van der Waals surface area contributed by atoms with E-state index in [9.17, 15) is 13.2 Å². The van der Waals surface area contributed by atoms with Crippen LogP contribution in [0.25, 0.3) is 0 Å². The first-order chi connectivity index (χ1) is 9.03. The van der Waals surface area contributed by atoms with Gasteiger partial charge >= 0.3 is 6.18 Å². The van der Waals surface area contributed by atoms with Crippen molar-refractivity contribution < 1.29 is 17.9 Å². The zero-order valence-corrected chi connectivity index (χ0v) is 11.1. The van der Waals surface area contributed by atoms with Crippen LogP contribution in [0.15, 0.2) is 0 Å². The lowest BCUT2D eigenvalue weighted by Gasteiger charge is -2.34. The van der Waals surface area contributed by atoms with Crippen molar-refractivity contribution in [1.29, 1.82) is 0 Å². The smallest absolute Gasteiger partial charge is 0.369 e. The van der Waals surface area contributed by atoms with Crippen molar-refractivity contribution in [2.75, 3.05) is 19.7 Å². The highest BCUT2D eigenvalue weighted by Gasteiger charge is 2.31. The molecule has 1 saturated carbocycles. The fraction of sp³-hybridized carbons (Fsp3) is 1.00. The van der Waals surface area contributed by atoms with E-state index in [-0.39, 0.29) is 6.10 Å². The molecular formula is C13H23F3N2O. The second-order valence-electron chi connectivity index (χ2n) is 5.62. The molecule has 2 rings (SSSR count). The Hall–Kier alpha value is -0.330. The van der Waals surface area contributed by atoms with Gasteiger partial charge in [0.15, 0.2) is 0 Å². The molecule has 1 saturated heterocycles. The molecule has 2 aliphatic rings. The van der Waals surface area contributed by atoms with Crippen LogP contribution in [0.1, 0.15) is 38.5 Å². The van der Waals surface area contributed by atoms with E-state index in [0.29, 0.717) is 18.5 Å². The maximum absolute atomic E-state index is 12.1. The fourth-order valence-corrected chi connectivity index (χ4v) is 2.99. The normalized spacial score (nSPS) is 33.3. The molecule has 0 aromatic rings. The Balaban J connectivity index is 1.70. The van der Waals surface area contributed by atoms with E-state index in [1.165, 1.54) is 6.42 Å². The molecule has 2 N–H and O–H groups in total. The number of nitrogens with one attached hydrogen (secondary N) is 2. The van der Waals surface area contributed by atoms with Gasteiger partial charge in [-0.05, 0) is 45.1 Å². The molecule has 0 bridgehead atoms. The standard InChI is InChI=1S/C13H23F3N2O/c14-13(15,16)9-19-12-5-1-3-10(7-12)18-11-4-2-6-17-8-11/h10-12,17-18H,1-9H2. The summed E-state index contributed by atoms with van der Waals surface area (Å²) in [5.74, 6) is 0. The second kappa shape index (κ2) is 6.90. The number of alkyl halides is 3. The van der Waals surface area contributed by atoms with Crippen molar-refractivity contribution in [2.45, 2.75) is 62.9 Å². The molecular weight excluding hydrogens is 257 g/mol. The van der Waals surface area contributed by atoms with Crippen molar-refractivity contribution in [2.24, 2.45) is 0 Å². The zero-order chi connectivity index (χ0) is 13.7. The van der Waals surface area contributed by atoms with Gasteiger partial charge in [-0.1, -0.05) is 0 Å². The quantitative estimate of drug-likeness (QED) is 0.828. The molecule has 0 radical (unpaired) electrons. The van der Waals surface area contributed by atoms with E-state index in [1.807, 2.05) is 0 Å². The zero-order valence-electron chi connectivity index (χ0n) is 11.1. The van der Waals surface area contributed by atoms with Crippen LogP contribution in [-0.2, 0) is 4.74 Å². The minimum absolute atomic E-state index is 0.246. The topological polar surface area (TPSA) is 33.3 Å². The summed E-state index contributed by atoms with van der Waals surface area (Å²) in [4.78, 5) is 0. The number of hydrogen-bond donors (Lipinski definition) is 2. The van der Waals surface area contributed by atoms with Crippen molar-refractivity contribution >= 4 is 0 Å². The minimum Gasteiger partial charge on any atom is -0.369 e. The van der Waals surface area contributed by atoms with Crippen LogP contribution in [0.5, 0.6) is 0 Å². The molecule has 0 aromatic carbocycles. The molecule has 112 valence electrons. The lowest BCUT2D eigenvalue weighted by molar-refractivity contribution is -0.188. The first-order valence-corrected chi connectivity index (χ1v) is 7.18. The van der Waals surface area contributed by atoms with Crippen LogP contribution in [0.3, 0.4) is 0 Å². The van der Waals surface area contributed by atoms with E-state index in [1.54, 1.807) is 0 Å². The van der Waals surface area contributed by atoms with E-state index >= 15 is 0 Å². The first kappa shape index (κ1) is 15.1. The molecule has 6 heteroatoms. The Morgan fingerprint density at radius 2 is 1.89 bits per heavy atom. The Bertz CT molecular complexity index is 267. The second-order valence-corrected chi connectivity index (χ2v) is 5.62. The molecule has 0 amide bonds. The number of rotatable bonds is 4. The van der Waals surface area contributed by atoms with Gasteiger partial charge in [-0.2, -0.15) is 13.2 Å². The van der Waals surface area contributed by atoms with Crippen LogP contribution in [0, 0.1) is 0 Å². The fourth-order valence-electron chi connectivity index (χ4n) is 2.99. The van der Waals surface area contributed by atoms with Gasteiger partial charge < -0.3 is 15.4 Å². The van der Waals surface area contributed by atoms with E-state index in [4.69, 9.17) is 4.74 Å². The van der Waals surface area contributed by atoms with Crippen LogP contribution in [-0.4, -0.2) is 44.1 Å². The van der Waals surface area contributed by atoms with Crippen molar-refractivity contribution in [1.82, 2.24) is 10.6 Å². The van der Waals surface area contributed by atoms with Crippen molar-refractivity contribution in [3.05, 3.63) is 0 Å². The van der Waals surface area contributed by atoms with Crippen LogP contribution in [0.4, 0.5) is 13.2 Å². The molecule has 3 nitrogen and oxygen atoms in total. The number of halogens is 3. The summed E-state index contributed by atoms with van der Waals surface area (Å²) >= 11 is 0. The number of ether oxygens (including phenoxy) is 1. The summed E-state index contributed by atoms with van der Waals surface area (Å²) in [7, 11) is 0. The Morgan fingerprint density at radius 1 is 1.11 bits per heavy atom. The summed E-state index contributed by atoms with van der Waals surface area (Å²) < 4.78 is 41.4. The predicted molar refractivity (Wildman–Crippen MR) is 67.1 cm³/mol. The summed E-state index contributed by atoms with van der Waals surface area (Å²) in [6.45, 7) is 0.917. The molecule has 3 atom stereocenters. The molecule has 2 fully saturated rings. The molecule has 0 spiro atoms. The Labute approximate surface area is 112 Å². The average Bonchev–Trinajstić information content (AvgIpc) is 2.37. The molecule has 1 heterocycles. The average molecular weight is 280 g/mol. The van der Waals surface area contributed by atoms with E-state index in [0.717, 1.165) is 38.8 Å². The summed E-state index contributed by atoms with van der Waals surface area (Å²) in [5.41, 5.74) is 0. The van der Waals surface area contributed by atoms with Crippen molar-refractivity contribution in [3.8, 4) is 0 Å². The third-order valence-corrected chi connectivity index (χ3v) is 3.88. The maximum Gasteiger partial charge on any atom is 0.411 e. The number of piperidine rings is 1. The van der Waals surface area contributed by atoms with Crippen LogP contribution in [0.2, 0.25) is 0 Å². The first-order valence-electron chi connectivity index (χ1n) is 7.18. The Morgan fingerprint density at radius 3 is 2.58 bits per heavy atom. The monoisotopic (exact) mass is 280 g/mol. The summed E-state index contributed by atoms with van der Waals surface area (Å²) in [5, 5.41) is 6.90. The van der Waals surface area contributed by atoms with Crippen LogP contribution >= 0.6 is 0 Å². The highest BCUT2D eigenvalue weighted by molar-refractivity contribution is 4.84. The third-order valence-electron chi connectivity index (χ3n) is 3.88. The van der Waals surface area contributed by atoms with Crippen molar-refractivity contribution in [3.63, 3.8) is 0 Å². The highest BCUT2D eigenvalue weighted by atomic mass is 19.4. The summed E-state index contributed by atoms with van der Waals surface area (Å²) in [6, 6.07) is 0.761. The maximum atomic E-state index is 12.1. The van der Waals surface area contributed by atoms with Gasteiger partial charge in [0.1, 0.15) is 6.61 Å². The molecule has 1 aliphatic heterocycles. The molecule has 3 unspecified atom stereocenters. The van der Waals surface area contributed by atoms with Gasteiger partial charge in [-0.3, -0.25) is 0 Å². The van der Waals surface area contributed by atoms with E-state index in [2.05, 4.69) is 10.6 Å². The Kier molecular flexibility index (Phi) is 5.47. The van der Waals surface area contributed by atoms with Gasteiger partial charge in [-0.25, -0.2) is 0 Å². The molecule has 19 heavy (non-hydrogen) atoms.